The lowest BCUT2D eigenvalue weighted by Gasteiger charge is -2.21. The smallest absolute Gasteiger partial charge is 0.342 e. The van der Waals surface area contributed by atoms with Crippen LogP contribution in [0.2, 0.25) is 10.3 Å². The fraction of sp³-hybridized carbons (Fsp3) is 0.303. The van der Waals surface area contributed by atoms with E-state index in [2.05, 4.69) is 25.3 Å². The van der Waals surface area contributed by atoms with E-state index in [1.165, 1.54) is 61.5 Å². The lowest BCUT2D eigenvalue weighted by atomic mass is 9.95. The van der Waals surface area contributed by atoms with Gasteiger partial charge < -0.3 is 56.1 Å². The van der Waals surface area contributed by atoms with Gasteiger partial charge in [0.05, 0.1) is 24.3 Å². The van der Waals surface area contributed by atoms with Crippen LogP contribution in [-0.2, 0) is 9.53 Å². The van der Waals surface area contributed by atoms with Gasteiger partial charge in [-0.2, -0.15) is 17.9 Å². The van der Waals surface area contributed by atoms with Crippen molar-refractivity contribution in [2.24, 2.45) is 0 Å². The number of anilines is 4. The SMILES string of the molecule is CC(=O)n1c(-c2cccs2)c(NC2CCCCC2)[n+]2c(N)cc(Cl)nc12.COC(=O)CNc1c(-c2ccco2)n(C(C)=O)c2nc(Cl)cc(N)[n+]12.[Cl-].[Cl-]. The largest absolute Gasteiger partial charge is 1.00 e. The molecule has 1 fully saturated rings. The zero-order valence-corrected chi connectivity index (χ0v) is 32.6. The van der Waals surface area contributed by atoms with Gasteiger partial charge >= 0.3 is 17.5 Å². The summed E-state index contributed by atoms with van der Waals surface area (Å²) < 4.78 is 16.3. The summed E-state index contributed by atoms with van der Waals surface area (Å²) in [7, 11) is 1.28. The van der Waals surface area contributed by atoms with E-state index in [9.17, 15) is 14.4 Å². The van der Waals surface area contributed by atoms with Crippen LogP contribution in [0.5, 0.6) is 0 Å². The molecule has 0 saturated heterocycles. The van der Waals surface area contributed by atoms with Gasteiger partial charge in [-0.05, 0) is 36.4 Å². The molecule has 0 unspecified atom stereocenters. The Kier molecular flexibility index (Phi) is 13.6. The Morgan fingerprint density at radius 1 is 0.925 bits per heavy atom. The molecule has 0 amide bonds. The van der Waals surface area contributed by atoms with Crippen molar-refractivity contribution >= 4 is 87.1 Å². The first-order valence-electron chi connectivity index (χ1n) is 16.0. The quantitative estimate of drug-likeness (QED) is 0.0910. The highest BCUT2D eigenvalue weighted by atomic mass is 35.5. The topological polar surface area (TPSA) is 194 Å². The first-order valence-corrected chi connectivity index (χ1v) is 17.7. The maximum absolute atomic E-state index is 12.5. The number of hydrogen-bond donors (Lipinski definition) is 4. The fourth-order valence-corrected chi connectivity index (χ4v) is 7.32. The van der Waals surface area contributed by atoms with Gasteiger partial charge in [0.25, 0.3) is 11.8 Å². The third-order valence-corrected chi connectivity index (χ3v) is 9.58. The van der Waals surface area contributed by atoms with Gasteiger partial charge in [-0.15, -0.1) is 21.3 Å². The van der Waals surface area contributed by atoms with E-state index in [0.29, 0.717) is 34.9 Å². The molecular weight excluding hydrogens is 790 g/mol. The van der Waals surface area contributed by atoms with Gasteiger partial charge in [0.1, 0.15) is 6.54 Å². The van der Waals surface area contributed by atoms with Crippen LogP contribution in [0.4, 0.5) is 23.3 Å². The van der Waals surface area contributed by atoms with Crippen molar-refractivity contribution in [3.8, 4) is 22.0 Å². The number of carbonyl (C=O) groups excluding carboxylic acids is 3. The Bertz CT molecular complexity index is 2250. The molecule has 0 spiro atoms. The van der Waals surface area contributed by atoms with Crippen molar-refractivity contribution in [2.45, 2.75) is 52.0 Å². The molecule has 6 aromatic rings. The van der Waals surface area contributed by atoms with Crippen molar-refractivity contribution < 1.29 is 57.2 Å². The number of fused-ring (bicyclic) bond motifs is 2. The molecular formula is C33H36Cl4N10O5S. The second kappa shape index (κ2) is 17.5. The number of carbonyl (C=O) groups is 3. The minimum atomic E-state index is -0.491. The van der Waals surface area contributed by atoms with Crippen LogP contribution in [0, 0.1) is 0 Å². The van der Waals surface area contributed by atoms with Crippen LogP contribution in [-0.4, -0.2) is 56.6 Å². The Labute approximate surface area is 330 Å². The van der Waals surface area contributed by atoms with Crippen molar-refractivity contribution in [3.63, 3.8) is 0 Å². The number of thiophene rings is 1. The number of furan rings is 1. The number of rotatable bonds is 7. The van der Waals surface area contributed by atoms with E-state index >= 15 is 0 Å². The standard InChI is InChI=1S/C18H20ClN5OS.C15H14ClN5O4.2ClH/c1-11(25)23-16(13-8-5-9-26-13)17(21-12-6-3-2-4-7-12)24-15(20)10-14(19)22-18(23)24;1-8(22)20-13(9-4-3-5-25-9)14(18-7-12(23)24-2)21-11(17)6-10(16)19-15(20)21;;/h5,8-10,12,20-21H,2-4,6-7H2,1H3;3-6,17-18H,7H2,1-2H3;2*1H. The van der Waals surface area contributed by atoms with Crippen LogP contribution >= 0.6 is 34.5 Å². The first-order chi connectivity index (χ1) is 24.5. The Morgan fingerprint density at radius 2 is 1.51 bits per heavy atom. The predicted molar refractivity (Wildman–Crippen MR) is 194 cm³/mol. The summed E-state index contributed by atoms with van der Waals surface area (Å²) in [5.41, 5.74) is 13.5. The molecule has 0 radical (unpaired) electrons. The summed E-state index contributed by atoms with van der Waals surface area (Å²) in [6.45, 7) is 2.76. The number of aromatic nitrogens is 6. The van der Waals surface area contributed by atoms with E-state index in [4.69, 9.17) is 39.1 Å². The summed E-state index contributed by atoms with van der Waals surface area (Å²) in [6.07, 6.45) is 7.38. The molecule has 0 bridgehead atoms. The van der Waals surface area contributed by atoms with Gasteiger partial charge in [-0.3, -0.25) is 9.59 Å². The number of methoxy groups -OCH3 is 1. The summed E-state index contributed by atoms with van der Waals surface area (Å²) in [5, 5.41) is 8.97. The minimum Gasteiger partial charge on any atom is -1.00 e. The third kappa shape index (κ3) is 8.31. The molecule has 0 aliphatic heterocycles. The Morgan fingerprint density at radius 3 is 2.02 bits per heavy atom. The van der Waals surface area contributed by atoms with E-state index < -0.39 is 5.97 Å². The minimum absolute atomic E-state index is 0. The molecule has 0 aromatic carbocycles. The molecule has 1 saturated carbocycles. The summed E-state index contributed by atoms with van der Waals surface area (Å²) in [4.78, 5) is 45.9. The van der Waals surface area contributed by atoms with Crippen molar-refractivity contribution in [3.05, 3.63) is 58.3 Å². The average molecular weight is 827 g/mol. The maximum Gasteiger partial charge on any atom is 0.342 e. The molecule has 53 heavy (non-hydrogen) atoms. The van der Waals surface area contributed by atoms with Crippen molar-refractivity contribution in [2.75, 3.05) is 35.8 Å². The number of esters is 1. The molecule has 1 aliphatic carbocycles. The van der Waals surface area contributed by atoms with E-state index in [1.54, 1.807) is 38.5 Å². The molecule has 1 aliphatic rings. The van der Waals surface area contributed by atoms with E-state index in [-0.39, 0.29) is 65.1 Å². The molecule has 7 rings (SSSR count). The highest BCUT2D eigenvalue weighted by molar-refractivity contribution is 7.13. The van der Waals surface area contributed by atoms with E-state index in [1.807, 2.05) is 17.5 Å². The maximum atomic E-state index is 12.5. The summed E-state index contributed by atoms with van der Waals surface area (Å²) in [5.74, 6) is 1.92. The Balaban J connectivity index is 0.000000228. The first kappa shape index (κ1) is 41.2. The lowest BCUT2D eigenvalue weighted by molar-refractivity contribution is -0.481. The van der Waals surface area contributed by atoms with Crippen LogP contribution in [0.25, 0.3) is 33.6 Å². The molecule has 282 valence electrons. The van der Waals surface area contributed by atoms with Crippen LogP contribution in [0.3, 0.4) is 0 Å². The van der Waals surface area contributed by atoms with Crippen LogP contribution in [0.15, 0.2) is 52.5 Å². The highest BCUT2D eigenvalue weighted by Crippen LogP contribution is 2.35. The zero-order chi connectivity index (χ0) is 36.4. The fourth-order valence-electron chi connectivity index (χ4n) is 6.18. The van der Waals surface area contributed by atoms with Gasteiger partial charge in [0.2, 0.25) is 11.6 Å². The molecule has 15 nitrogen and oxygen atoms in total. The van der Waals surface area contributed by atoms with Crippen LogP contribution < -0.4 is 55.7 Å². The highest BCUT2D eigenvalue weighted by Gasteiger charge is 2.33. The van der Waals surface area contributed by atoms with Crippen molar-refractivity contribution in [1.82, 2.24) is 19.1 Å². The second-order valence-corrected chi connectivity index (χ2v) is 13.5. The Hall–Kier alpha value is -4.61. The monoisotopic (exact) mass is 824 g/mol. The molecule has 6 aromatic heterocycles. The zero-order valence-electron chi connectivity index (χ0n) is 28.7. The second-order valence-electron chi connectivity index (χ2n) is 11.7. The van der Waals surface area contributed by atoms with Gasteiger partial charge in [-0.25, -0.2) is 4.79 Å². The third-order valence-electron chi connectivity index (χ3n) is 8.32. The van der Waals surface area contributed by atoms with E-state index in [0.717, 1.165) is 29.2 Å². The molecule has 0 atom stereocenters. The summed E-state index contributed by atoms with van der Waals surface area (Å²) >= 11 is 13.7. The number of halogens is 4. The van der Waals surface area contributed by atoms with Gasteiger partial charge in [0, 0.05) is 26.0 Å². The van der Waals surface area contributed by atoms with Crippen molar-refractivity contribution in [1.29, 1.82) is 0 Å². The molecule has 6 heterocycles. The number of nitrogens with one attached hydrogen (secondary N) is 2. The number of ether oxygens (including phenoxy) is 1. The normalized spacial score (nSPS) is 12.7. The van der Waals surface area contributed by atoms with Gasteiger partial charge in [-0.1, -0.05) is 48.5 Å². The number of nitrogen functional groups attached to an aromatic ring is 2. The molecule has 6 N–H and O–H groups in total. The number of nitrogens with two attached hydrogens (primary N) is 2. The number of nitrogens with zero attached hydrogens (tertiary/aromatic N) is 6. The summed E-state index contributed by atoms with van der Waals surface area (Å²) in [6, 6.07) is 10.7. The van der Waals surface area contributed by atoms with Gasteiger partial charge in [0.15, 0.2) is 39.1 Å². The number of hydrogen-bond acceptors (Lipinski definition) is 12. The molecule has 20 heteroatoms. The number of imidazole rings is 2. The lowest BCUT2D eigenvalue weighted by Crippen LogP contribution is -3.00. The average Bonchev–Trinajstić information content (AvgIpc) is 3.90. The predicted octanol–water partition coefficient (Wildman–Crippen LogP) is -0.639. The van der Waals surface area contributed by atoms with Crippen LogP contribution in [0.1, 0.15) is 55.5 Å².